The molecule has 1 saturated heterocycles. The number of nitrogens with zero attached hydrogens (tertiary/aromatic N) is 4. The third-order valence-corrected chi connectivity index (χ3v) is 5.28. The van der Waals surface area contributed by atoms with Gasteiger partial charge in [0.25, 0.3) is 0 Å². The zero-order valence-electron chi connectivity index (χ0n) is 14.5. The number of amides is 1. The fourth-order valence-electron chi connectivity index (χ4n) is 3.92. The highest BCUT2D eigenvalue weighted by Crippen LogP contribution is 2.29. The molecule has 1 aromatic heterocycles. The molecule has 0 bridgehead atoms. The molecule has 0 unspecified atom stereocenters. The predicted octanol–water partition coefficient (Wildman–Crippen LogP) is 2.59. The van der Waals surface area contributed by atoms with Gasteiger partial charge in [-0.1, -0.05) is 30.3 Å². The van der Waals surface area contributed by atoms with Gasteiger partial charge in [-0.2, -0.15) is 0 Å². The Morgan fingerprint density at radius 1 is 1.04 bits per heavy atom. The molecule has 25 heavy (non-hydrogen) atoms. The van der Waals surface area contributed by atoms with Crippen molar-refractivity contribution in [3.63, 3.8) is 0 Å². The van der Waals surface area contributed by atoms with Gasteiger partial charge in [0, 0.05) is 32.4 Å². The van der Waals surface area contributed by atoms with E-state index in [9.17, 15) is 4.79 Å². The van der Waals surface area contributed by atoms with Crippen molar-refractivity contribution in [2.75, 3.05) is 19.6 Å². The molecule has 3 heterocycles. The van der Waals surface area contributed by atoms with Crippen LogP contribution in [0.3, 0.4) is 0 Å². The normalized spacial score (nSPS) is 19.3. The molecular formula is C20H24N4O. The Kier molecular flexibility index (Phi) is 4.74. The number of aromatic nitrogens is 2. The lowest BCUT2D eigenvalue weighted by Crippen LogP contribution is -2.46. The van der Waals surface area contributed by atoms with Gasteiger partial charge in [-0.25, -0.2) is 9.97 Å². The second-order valence-electron chi connectivity index (χ2n) is 6.91. The van der Waals surface area contributed by atoms with Gasteiger partial charge in [0.1, 0.15) is 12.4 Å². The van der Waals surface area contributed by atoms with Crippen molar-refractivity contribution in [3.05, 3.63) is 59.7 Å². The van der Waals surface area contributed by atoms with Crippen LogP contribution >= 0.6 is 0 Å². The van der Waals surface area contributed by atoms with Crippen molar-refractivity contribution in [3.8, 4) is 0 Å². The van der Waals surface area contributed by atoms with Gasteiger partial charge in [-0.3, -0.25) is 9.69 Å². The number of hydrogen-bond donors (Lipinski definition) is 0. The van der Waals surface area contributed by atoms with E-state index in [0.717, 1.165) is 50.2 Å². The third-order valence-electron chi connectivity index (χ3n) is 5.28. The lowest BCUT2D eigenvalue weighted by atomic mass is 9.98. The molecule has 1 fully saturated rings. The number of rotatable bonds is 3. The van der Waals surface area contributed by atoms with Crippen molar-refractivity contribution in [1.82, 2.24) is 19.8 Å². The Morgan fingerprint density at radius 3 is 2.64 bits per heavy atom. The van der Waals surface area contributed by atoms with Crippen molar-refractivity contribution in [2.24, 2.45) is 0 Å². The maximum atomic E-state index is 13.4. The summed E-state index contributed by atoms with van der Waals surface area (Å²) >= 11 is 0. The zero-order valence-corrected chi connectivity index (χ0v) is 14.5. The molecule has 0 spiro atoms. The smallest absolute Gasteiger partial charge is 0.244 e. The molecule has 1 aromatic carbocycles. The van der Waals surface area contributed by atoms with Crippen LogP contribution < -0.4 is 0 Å². The lowest BCUT2D eigenvalue weighted by Gasteiger charge is -2.38. The van der Waals surface area contributed by atoms with Gasteiger partial charge in [-0.05, 0) is 36.8 Å². The van der Waals surface area contributed by atoms with E-state index in [0.29, 0.717) is 6.54 Å². The molecule has 5 heteroatoms. The van der Waals surface area contributed by atoms with Crippen molar-refractivity contribution in [2.45, 2.75) is 38.3 Å². The minimum Gasteiger partial charge on any atom is -0.341 e. The van der Waals surface area contributed by atoms with E-state index in [-0.39, 0.29) is 11.9 Å². The SMILES string of the molecule is O=C([C@H](c1ccccc1)N1CCc2cncnc2C1)N1CCCCC1. The monoisotopic (exact) mass is 336 g/mol. The molecule has 5 nitrogen and oxygen atoms in total. The lowest BCUT2D eigenvalue weighted by molar-refractivity contribution is -0.138. The second kappa shape index (κ2) is 7.31. The minimum absolute atomic E-state index is 0.220. The highest BCUT2D eigenvalue weighted by Gasteiger charge is 2.34. The molecular weight excluding hydrogens is 312 g/mol. The molecule has 1 amide bonds. The topological polar surface area (TPSA) is 49.3 Å². The number of carbonyl (C=O) groups is 1. The quantitative estimate of drug-likeness (QED) is 0.864. The molecule has 130 valence electrons. The van der Waals surface area contributed by atoms with Crippen LogP contribution in [0.5, 0.6) is 0 Å². The van der Waals surface area contributed by atoms with E-state index >= 15 is 0 Å². The molecule has 2 aliphatic rings. The molecule has 0 saturated carbocycles. The van der Waals surface area contributed by atoms with Crippen molar-refractivity contribution in [1.29, 1.82) is 0 Å². The summed E-state index contributed by atoms with van der Waals surface area (Å²) in [6.45, 7) is 3.33. The zero-order chi connectivity index (χ0) is 17.1. The highest BCUT2D eigenvalue weighted by atomic mass is 16.2. The summed E-state index contributed by atoms with van der Waals surface area (Å²) in [5.41, 5.74) is 3.33. The minimum atomic E-state index is -0.220. The van der Waals surface area contributed by atoms with Crippen LogP contribution in [0, 0.1) is 0 Å². The number of carbonyl (C=O) groups excluding carboxylic acids is 1. The molecule has 1 atom stereocenters. The Labute approximate surface area is 148 Å². The first kappa shape index (κ1) is 16.2. The van der Waals surface area contributed by atoms with Gasteiger partial charge in [-0.15, -0.1) is 0 Å². The van der Waals surface area contributed by atoms with Crippen LogP contribution in [0.2, 0.25) is 0 Å². The fraction of sp³-hybridized carbons (Fsp3) is 0.450. The van der Waals surface area contributed by atoms with Gasteiger partial charge in [0.05, 0.1) is 5.69 Å². The van der Waals surface area contributed by atoms with E-state index in [1.807, 2.05) is 24.4 Å². The molecule has 2 aromatic rings. The summed E-state index contributed by atoms with van der Waals surface area (Å²) in [6.07, 6.45) is 7.86. The second-order valence-corrected chi connectivity index (χ2v) is 6.91. The predicted molar refractivity (Wildman–Crippen MR) is 95.8 cm³/mol. The number of fused-ring (bicyclic) bond motifs is 1. The van der Waals surface area contributed by atoms with E-state index in [1.165, 1.54) is 12.0 Å². The molecule has 0 radical (unpaired) electrons. The summed E-state index contributed by atoms with van der Waals surface area (Å²) in [5, 5.41) is 0. The molecule has 4 rings (SSSR count). The Hall–Kier alpha value is -2.27. The summed E-state index contributed by atoms with van der Waals surface area (Å²) in [4.78, 5) is 26.3. The number of hydrogen-bond acceptors (Lipinski definition) is 4. The van der Waals surface area contributed by atoms with Gasteiger partial charge >= 0.3 is 0 Å². The van der Waals surface area contributed by atoms with Crippen LogP contribution in [0.1, 0.15) is 42.1 Å². The Morgan fingerprint density at radius 2 is 1.84 bits per heavy atom. The number of piperidine rings is 1. The number of likely N-dealkylation sites (tertiary alicyclic amines) is 1. The van der Waals surface area contributed by atoms with Crippen LogP contribution in [-0.2, 0) is 17.8 Å². The maximum absolute atomic E-state index is 13.4. The summed E-state index contributed by atoms with van der Waals surface area (Å²) < 4.78 is 0. The van der Waals surface area contributed by atoms with E-state index in [2.05, 4.69) is 31.9 Å². The first-order valence-corrected chi connectivity index (χ1v) is 9.18. The van der Waals surface area contributed by atoms with Crippen LogP contribution in [0.25, 0.3) is 0 Å². The summed E-state index contributed by atoms with van der Waals surface area (Å²) in [6, 6.07) is 9.97. The van der Waals surface area contributed by atoms with E-state index in [4.69, 9.17) is 0 Å². The first-order chi connectivity index (χ1) is 12.3. The standard InChI is InChI=1S/C20H24N4O/c25-20(23-10-5-2-6-11-23)19(16-7-3-1-4-8-16)24-12-9-17-13-21-15-22-18(17)14-24/h1,3-4,7-8,13,15,19H,2,5-6,9-12,14H2/t19-/m0/s1. The van der Waals surface area contributed by atoms with E-state index in [1.54, 1.807) is 6.33 Å². The van der Waals surface area contributed by atoms with Crippen LogP contribution in [0.15, 0.2) is 42.9 Å². The summed E-state index contributed by atoms with van der Waals surface area (Å²) in [5.74, 6) is 0.239. The van der Waals surface area contributed by atoms with Gasteiger partial charge in [0.2, 0.25) is 5.91 Å². The van der Waals surface area contributed by atoms with Crippen LogP contribution in [-0.4, -0.2) is 45.3 Å². The fourth-order valence-corrected chi connectivity index (χ4v) is 3.92. The molecule has 0 N–H and O–H groups in total. The highest BCUT2D eigenvalue weighted by molar-refractivity contribution is 5.83. The first-order valence-electron chi connectivity index (χ1n) is 9.18. The van der Waals surface area contributed by atoms with Gasteiger partial charge in [0.15, 0.2) is 0 Å². The van der Waals surface area contributed by atoms with Crippen molar-refractivity contribution >= 4 is 5.91 Å². The Bertz CT molecular complexity index is 727. The molecule has 2 aliphatic heterocycles. The van der Waals surface area contributed by atoms with E-state index < -0.39 is 0 Å². The van der Waals surface area contributed by atoms with Crippen molar-refractivity contribution < 1.29 is 4.79 Å². The van der Waals surface area contributed by atoms with Crippen LogP contribution in [0.4, 0.5) is 0 Å². The summed E-state index contributed by atoms with van der Waals surface area (Å²) in [7, 11) is 0. The third kappa shape index (κ3) is 3.42. The van der Waals surface area contributed by atoms with Gasteiger partial charge < -0.3 is 4.90 Å². The average Bonchev–Trinajstić information content (AvgIpc) is 2.69. The average molecular weight is 336 g/mol. The molecule has 0 aliphatic carbocycles. The maximum Gasteiger partial charge on any atom is 0.244 e. The number of benzene rings is 1. The Balaban J connectivity index is 1.63. The largest absolute Gasteiger partial charge is 0.341 e.